The zero-order chi connectivity index (χ0) is 27.7. The SMILES string of the molecule is FC(F)(F)O[Si](F)(C(F)(F)C(F)(F)F)C(F)(F)C(F)(F)C(F)(F)C(F)(F)C(F)(F)C(F)(F)F. The van der Waals surface area contributed by atoms with Crippen LogP contribution in [0.1, 0.15) is 0 Å². The maximum atomic E-state index is 13.8. The molecule has 24 heteroatoms. The Bertz CT molecular complexity index is 711. The van der Waals surface area contributed by atoms with Gasteiger partial charge in [-0.25, -0.2) is 0 Å². The molecule has 0 bridgehead atoms. The van der Waals surface area contributed by atoms with Crippen LogP contribution in [0, 0.1) is 0 Å². The van der Waals surface area contributed by atoms with E-state index in [1.807, 2.05) is 0 Å². The summed E-state index contributed by atoms with van der Waals surface area (Å²) in [6, 6.07) is 0. The van der Waals surface area contributed by atoms with Crippen LogP contribution in [0.4, 0.5) is 96.3 Å². The second-order valence-electron chi connectivity index (χ2n) is 5.58. The maximum absolute atomic E-state index is 13.8. The summed E-state index contributed by atoms with van der Waals surface area (Å²) < 4.78 is 280. The Morgan fingerprint density at radius 3 is 0.909 bits per heavy atom. The molecule has 0 fully saturated rings. The summed E-state index contributed by atoms with van der Waals surface area (Å²) >= 11 is 0. The molecule has 200 valence electrons. The lowest BCUT2D eigenvalue weighted by Gasteiger charge is -2.43. The molecule has 1 atom stereocenters. The first-order valence-corrected chi connectivity index (χ1v) is 8.35. The Hall–Kier alpha value is -1.36. The van der Waals surface area contributed by atoms with E-state index in [-0.39, 0.29) is 0 Å². The molecule has 0 aliphatic rings. The predicted octanol–water partition coefficient (Wildman–Crippen LogP) is 6.95. The topological polar surface area (TPSA) is 9.23 Å². The van der Waals surface area contributed by atoms with E-state index >= 15 is 0 Å². The highest BCUT2D eigenvalue weighted by Gasteiger charge is 2.99. The summed E-state index contributed by atoms with van der Waals surface area (Å²) in [4.78, 5) is 0. The molecular formula is C9F22OSi. The van der Waals surface area contributed by atoms with Crippen molar-refractivity contribution in [3.63, 3.8) is 0 Å². The third-order valence-corrected chi connectivity index (χ3v) is 6.08. The third kappa shape index (κ3) is 4.28. The van der Waals surface area contributed by atoms with Crippen LogP contribution >= 0.6 is 0 Å². The molecule has 0 aromatic carbocycles. The van der Waals surface area contributed by atoms with E-state index < -0.39 is 62.1 Å². The third-order valence-electron chi connectivity index (χ3n) is 3.35. The maximum Gasteiger partial charge on any atom is 0.550 e. The van der Waals surface area contributed by atoms with Crippen LogP contribution in [-0.4, -0.2) is 62.1 Å². The van der Waals surface area contributed by atoms with Gasteiger partial charge in [-0.05, 0) is 0 Å². The van der Waals surface area contributed by atoms with Gasteiger partial charge < -0.3 is 0 Å². The lowest BCUT2D eigenvalue weighted by atomic mass is 9.98. The molecule has 0 heterocycles. The summed E-state index contributed by atoms with van der Waals surface area (Å²) in [7, 11) is -10.9. The molecule has 33 heavy (non-hydrogen) atoms. The van der Waals surface area contributed by atoms with E-state index in [1.165, 1.54) is 0 Å². The normalized spacial score (nSPS) is 18.4. The van der Waals surface area contributed by atoms with Crippen molar-refractivity contribution in [2.24, 2.45) is 0 Å². The van der Waals surface area contributed by atoms with Crippen molar-refractivity contribution in [1.29, 1.82) is 0 Å². The highest BCUT2D eigenvalue weighted by atomic mass is 28.4. The molecule has 0 saturated heterocycles. The van der Waals surface area contributed by atoms with Gasteiger partial charge in [0.1, 0.15) is 0 Å². The van der Waals surface area contributed by atoms with Crippen molar-refractivity contribution in [3.8, 4) is 0 Å². The lowest BCUT2D eigenvalue weighted by molar-refractivity contribution is -0.437. The second-order valence-corrected chi connectivity index (χ2v) is 8.24. The Labute approximate surface area is 164 Å². The van der Waals surface area contributed by atoms with Crippen molar-refractivity contribution in [2.75, 3.05) is 0 Å². The summed E-state index contributed by atoms with van der Waals surface area (Å²) in [5.74, 6) is -35.8. The summed E-state index contributed by atoms with van der Waals surface area (Å²) in [5, 5.41) is 0. The van der Waals surface area contributed by atoms with E-state index in [4.69, 9.17) is 0 Å². The Balaban J connectivity index is 7.30. The Kier molecular flexibility index (Phi) is 7.25. The van der Waals surface area contributed by atoms with E-state index in [2.05, 4.69) is 0 Å². The van der Waals surface area contributed by atoms with Crippen molar-refractivity contribution in [3.05, 3.63) is 0 Å². The summed E-state index contributed by atoms with van der Waals surface area (Å²) in [6.07, 6.45) is -23.8. The Morgan fingerprint density at radius 2 is 0.667 bits per heavy atom. The van der Waals surface area contributed by atoms with Gasteiger partial charge in [-0.2, -0.15) is 79.0 Å². The van der Waals surface area contributed by atoms with Crippen LogP contribution in [-0.2, 0) is 4.43 Å². The average Bonchev–Trinajstić information content (AvgIpc) is 2.49. The molecule has 1 unspecified atom stereocenters. The van der Waals surface area contributed by atoms with Gasteiger partial charge in [-0.3, -0.25) is 8.53 Å². The monoisotopic (exact) mass is 570 g/mol. The van der Waals surface area contributed by atoms with Crippen molar-refractivity contribution in [2.45, 2.75) is 53.5 Å². The average molecular weight is 570 g/mol. The van der Waals surface area contributed by atoms with Gasteiger partial charge in [-0.1, -0.05) is 0 Å². The first kappa shape index (κ1) is 31.6. The molecule has 0 rings (SSSR count). The Morgan fingerprint density at radius 1 is 0.364 bits per heavy atom. The summed E-state index contributed by atoms with van der Waals surface area (Å²) in [6.45, 7) is 0. The minimum Gasteiger partial charge on any atom is -0.295 e. The molecule has 0 aliphatic carbocycles. The van der Waals surface area contributed by atoms with Crippen LogP contribution in [0.25, 0.3) is 0 Å². The van der Waals surface area contributed by atoms with Crippen LogP contribution in [0.3, 0.4) is 0 Å². The van der Waals surface area contributed by atoms with Gasteiger partial charge in [0.25, 0.3) is 0 Å². The van der Waals surface area contributed by atoms with Crippen LogP contribution in [0.15, 0.2) is 0 Å². The number of halogens is 22. The molecule has 0 spiro atoms. The fourth-order valence-electron chi connectivity index (χ4n) is 1.64. The minimum atomic E-state index is -10.9. The van der Waals surface area contributed by atoms with Crippen LogP contribution in [0.5, 0.6) is 0 Å². The molecule has 0 saturated carbocycles. The number of hydrogen-bond acceptors (Lipinski definition) is 1. The molecular weight excluding hydrogens is 570 g/mol. The van der Waals surface area contributed by atoms with Crippen molar-refractivity contribution in [1.82, 2.24) is 0 Å². The van der Waals surface area contributed by atoms with Gasteiger partial charge in [-0.15, -0.1) is 13.2 Å². The van der Waals surface area contributed by atoms with Crippen LogP contribution < -0.4 is 0 Å². The summed E-state index contributed by atoms with van der Waals surface area (Å²) in [5.41, 5.74) is -17.7. The fraction of sp³-hybridized carbons (Fsp3) is 1.00. The molecule has 0 aromatic rings. The van der Waals surface area contributed by atoms with E-state index in [0.29, 0.717) is 0 Å². The smallest absolute Gasteiger partial charge is 0.295 e. The number of hydrogen-bond donors (Lipinski definition) is 0. The van der Waals surface area contributed by atoms with Gasteiger partial charge in [0.05, 0.1) is 0 Å². The van der Waals surface area contributed by atoms with Crippen molar-refractivity contribution < 1.29 is 101 Å². The fourth-order valence-corrected chi connectivity index (χ4v) is 3.53. The zero-order valence-corrected chi connectivity index (χ0v) is 14.7. The number of rotatable bonds is 7. The highest BCUT2D eigenvalue weighted by Crippen LogP contribution is 2.64. The van der Waals surface area contributed by atoms with E-state index in [9.17, 15) is 96.3 Å². The predicted molar refractivity (Wildman–Crippen MR) is 55.8 cm³/mol. The molecule has 0 N–H and O–H groups in total. The molecule has 1 nitrogen and oxygen atoms in total. The lowest BCUT2D eigenvalue weighted by Crippen LogP contribution is -2.80. The van der Waals surface area contributed by atoms with Gasteiger partial charge in [0, 0.05) is 0 Å². The molecule has 0 amide bonds. The standard InChI is InChI=1S/C9F22OSi/c10-1(11,3(14,15)5(18,19)20)2(12,13)4(16,17)7(24,25)33(31,32-9(28,29)30)8(26,27)6(21,22)23. The first-order chi connectivity index (χ1) is 13.7. The van der Waals surface area contributed by atoms with Gasteiger partial charge >= 0.3 is 62.1 Å². The molecule has 0 radical (unpaired) electrons. The zero-order valence-electron chi connectivity index (χ0n) is 13.7. The van der Waals surface area contributed by atoms with Crippen LogP contribution in [0.2, 0.25) is 0 Å². The van der Waals surface area contributed by atoms with Gasteiger partial charge in [0.2, 0.25) is 0 Å². The minimum absolute atomic E-state index is 1.01. The van der Waals surface area contributed by atoms with Crippen molar-refractivity contribution >= 4 is 8.65 Å². The quantitative estimate of drug-likeness (QED) is 0.183. The highest BCUT2D eigenvalue weighted by molar-refractivity contribution is 6.72. The van der Waals surface area contributed by atoms with Gasteiger partial charge in [0.15, 0.2) is 0 Å². The van der Waals surface area contributed by atoms with E-state index in [0.717, 1.165) is 4.43 Å². The molecule has 0 aliphatic heterocycles. The second kappa shape index (κ2) is 7.57. The van der Waals surface area contributed by atoms with E-state index in [1.54, 1.807) is 0 Å². The number of alkyl halides is 21. The first-order valence-electron chi connectivity index (χ1n) is 6.57. The largest absolute Gasteiger partial charge is 0.550 e. The molecule has 0 aromatic heterocycles.